The topological polar surface area (TPSA) is 38.1 Å². The summed E-state index contributed by atoms with van der Waals surface area (Å²) in [5, 5.41) is 3.12. The molecule has 3 nitrogen and oxygen atoms in total. The lowest BCUT2D eigenvalue weighted by molar-refractivity contribution is -0.0692. The zero-order valence-electron chi connectivity index (χ0n) is 12.0. The van der Waals surface area contributed by atoms with Gasteiger partial charge in [-0.1, -0.05) is 6.92 Å². The molecule has 4 aliphatic rings. The lowest BCUT2D eigenvalue weighted by Gasteiger charge is -2.60. The maximum absolute atomic E-state index is 6.08. The molecule has 1 heterocycles. The highest BCUT2D eigenvalue weighted by molar-refractivity contribution is 5.21. The zero-order valence-corrected chi connectivity index (χ0v) is 12.0. The molecule has 1 aromatic rings. The fraction of sp³-hybridized carbons (Fsp3) is 0.812. The molecule has 2 atom stereocenters. The van der Waals surface area contributed by atoms with Gasteiger partial charge in [0.1, 0.15) is 5.76 Å². The van der Waals surface area contributed by atoms with E-state index in [1.807, 2.05) is 13.2 Å². The summed E-state index contributed by atoms with van der Waals surface area (Å²) < 4.78 is 6.08. The second-order valence-corrected chi connectivity index (χ2v) is 7.70. The van der Waals surface area contributed by atoms with Crippen LogP contribution in [-0.4, -0.2) is 12.0 Å². The molecule has 0 amide bonds. The standard InChI is InChI=1S/C16H24N2O/c1-15-4-11-3-12(5-15)7-16(6-11,10-15)13-8-18-14(19-13)9-17-2/h8,11-12,17H,3-7,9-10H2,1-2H3. The van der Waals surface area contributed by atoms with Crippen LogP contribution in [0.1, 0.15) is 57.1 Å². The van der Waals surface area contributed by atoms with Crippen LogP contribution in [0, 0.1) is 17.3 Å². The Kier molecular flexibility index (Phi) is 2.42. The molecule has 4 fully saturated rings. The van der Waals surface area contributed by atoms with Crippen LogP contribution in [0.15, 0.2) is 10.6 Å². The Morgan fingerprint density at radius 2 is 2.05 bits per heavy atom. The van der Waals surface area contributed by atoms with Crippen LogP contribution in [0.5, 0.6) is 0 Å². The third-order valence-electron chi connectivity index (χ3n) is 5.76. The maximum Gasteiger partial charge on any atom is 0.208 e. The average Bonchev–Trinajstić information content (AvgIpc) is 2.75. The SMILES string of the molecule is CNCc1ncc(C23CC4CC(CC(C)(C4)C2)C3)o1. The van der Waals surface area contributed by atoms with E-state index >= 15 is 0 Å². The maximum atomic E-state index is 6.08. The van der Waals surface area contributed by atoms with E-state index in [9.17, 15) is 0 Å². The minimum atomic E-state index is 0.317. The van der Waals surface area contributed by atoms with E-state index in [0.29, 0.717) is 10.8 Å². The minimum Gasteiger partial charge on any atom is -0.444 e. The molecule has 4 bridgehead atoms. The molecule has 0 saturated heterocycles. The van der Waals surface area contributed by atoms with Crippen LogP contribution in [0.2, 0.25) is 0 Å². The van der Waals surface area contributed by atoms with E-state index in [1.54, 1.807) is 0 Å². The summed E-state index contributed by atoms with van der Waals surface area (Å²) in [6, 6.07) is 0. The van der Waals surface area contributed by atoms with Crippen molar-refractivity contribution in [2.75, 3.05) is 7.05 Å². The number of oxazole rings is 1. The van der Waals surface area contributed by atoms with Gasteiger partial charge >= 0.3 is 0 Å². The Labute approximate surface area is 115 Å². The molecule has 4 aliphatic carbocycles. The van der Waals surface area contributed by atoms with Crippen LogP contribution in [0.25, 0.3) is 0 Å². The van der Waals surface area contributed by atoms with Crippen molar-refractivity contribution in [2.24, 2.45) is 17.3 Å². The Bertz CT molecular complexity index is 479. The van der Waals surface area contributed by atoms with Crippen molar-refractivity contribution in [1.82, 2.24) is 10.3 Å². The summed E-state index contributed by atoms with van der Waals surface area (Å²) in [7, 11) is 1.94. The lowest BCUT2D eigenvalue weighted by Crippen LogP contribution is -2.52. The molecular weight excluding hydrogens is 236 g/mol. The lowest BCUT2D eigenvalue weighted by atomic mass is 9.44. The smallest absolute Gasteiger partial charge is 0.208 e. The van der Waals surface area contributed by atoms with Crippen LogP contribution in [0.3, 0.4) is 0 Å². The number of rotatable bonds is 3. The van der Waals surface area contributed by atoms with Crippen molar-refractivity contribution in [3.63, 3.8) is 0 Å². The van der Waals surface area contributed by atoms with Gasteiger partial charge in [0.15, 0.2) is 0 Å². The summed E-state index contributed by atoms with van der Waals surface area (Å²) in [5.41, 5.74) is 0.887. The molecule has 104 valence electrons. The minimum absolute atomic E-state index is 0.317. The molecule has 1 aromatic heterocycles. The summed E-state index contributed by atoms with van der Waals surface area (Å²) in [6.07, 6.45) is 10.4. The van der Waals surface area contributed by atoms with Crippen LogP contribution < -0.4 is 5.32 Å². The van der Waals surface area contributed by atoms with E-state index in [0.717, 1.165) is 24.3 Å². The van der Waals surface area contributed by atoms with Crippen molar-refractivity contribution >= 4 is 0 Å². The monoisotopic (exact) mass is 260 g/mol. The van der Waals surface area contributed by atoms with E-state index < -0.39 is 0 Å². The summed E-state index contributed by atoms with van der Waals surface area (Å²) in [4.78, 5) is 4.46. The van der Waals surface area contributed by atoms with Gasteiger partial charge in [0.05, 0.1) is 12.7 Å². The molecule has 0 radical (unpaired) electrons. The normalized spacial score (nSPS) is 43.9. The van der Waals surface area contributed by atoms with E-state index in [-0.39, 0.29) is 0 Å². The Morgan fingerprint density at radius 3 is 2.68 bits per heavy atom. The molecule has 1 N–H and O–H groups in total. The van der Waals surface area contributed by atoms with Crippen molar-refractivity contribution in [3.8, 4) is 0 Å². The first-order chi connectivity index (χ1) is 9.11. The van der Waals surface area contributed by atoms with Crippen LogP contribution in [-0.2, 0) is 12.0 Å². The molecule has 0 spiro atoms. The van der Waals surface area contributed by atoms with Gasteiger partial charge in [0, 0.05) is 5.41 Å². The highest BCUT2D eigenvalue weighted by atomic mass is 16.4. The summed E-state index contributed by atoms with van der Waals surface area (Å²) in [6.45, 7) is 3.24. The van der Waals surface area contributed by atoms with Crippen LogP contribution >= 0.6 is 0 Å². The Morgan fingerprint density at radius 1 is 1.32 bits per heavy atom. The van der Waals surface area contributed by atoms with Gasteiger partial charge in [0.2, 0.25) is 5.89 Å². The fourth-order valence-electron chi connectivity index (χ4n) is 5.80. The molecule has 5 rings (SSSR count). The van der Waals surface area contributed by atoms with Gasteiger partial charge in [-0.05, 0) is 62.8 Å². The molecule has 19 heavy (non-hydrogen) atoms. The zero-order chi connectivity index (χ0) is 13.1. The first-order valence-electron chi connectivity index (χ1n) is 7.71. The van der Waals surface area contributed by atoms with Gasteiger partial charge in [-0.15, -0.1) is 0 Å². The second-order valence-electron chi connectivity index (χ2n) is 7.70. The van der Waals surface area contributed by atoms with Gasteiger partial charge in [-0.25, -0.2) is 4.98 Å². The molecule has 4 saturated carbocycles. The molecule has 0 aliphatic heterocycles. The number of hydrogen-bond donors (Lipinski definition) is 1. The van der Waals surface area contributed by atoms with E-state index in [4.69, 9.17) is 4.42 Å². The predicted molar refractivity (Wildman–Crippen MR) is 73.7 cm³/mol. The first kappa shape index (κ1) is 12.0. The van der Waals surface area contributed by atoms with Crippen molar-refractivity contribution in [2.45, 2.75) is 57.4 Å². The van der Waals surface area contributed by atoms with Gasteiger partial charge < -0.3 is 9.73 Å². The van der Waals surface area contributed by atoms with Crippen molar-refractivity contribution in [1.29, 1.82) is 0 Å². The molecular formula is C16H24N2O. The quantitative estimate of drug-likeness (QED) is 0.906. The third kappa shape index (κ3) is 1.78. The number of aromatic nitrogens is 1. The van der Waals surface area contributed by atoms with Gasteiger partial charge in [-0.2, -0.15) is 0 Å². The highest BCUT2D eigenvalue weighted by Crippen LogP contribution is 2.65. The van der Waals surface area contributed by atoms with Crippen molar-refractivity contribution in [3.05, 3.63) is 17.8 Å². The number of nitrogens with zero attached hydrogens (tertiary/aromatic N) is 1. The highest BCUT2D eigenvalue weighted by Gasteiger charge is 2.57. The van der Waals surface area contributed by atoms with E-state index in [2.05, 4.69) is 17.2 Å². The second kappa shape index (κ2) is 3.85. The summed E-state index contributed by atoms with van der Waals surface area (Å²) in [5.74, 6) is 3.89. The van der Waals surface area contributed by atoms with Gasteiger partial charge in [0.25, 0.3) is 0 Å². The van der Waals surface area contributed by atoms with Crippen LogP contribution in [0.4, 0.5) is 0 Å². The number of nitrogens with one attached hydrogen (secondary N) is 1. The summed E-state index contributed by atoms with van der Waals surface area (Å²) >= 11 is 0. The van der Waals surface area contributed by atoms with E-state index in [1.165, 1.54) is 44.3 Å². The van der Waals surface area contributed by atoms with Gasteiger partial charge in [-0.3, -0.25) is 0 Å². The Balaban J connectivity index is 1.69. The van der Waals surface area contributed by atoms with Crippen molar-refractivity contribution < 1.29 is 4.42 Å². The molecule has 2 unspecified atom stereocenters. The Hall–Kier alpha value is -0.830. The third-order valence-corrected chi connectivity index (χ3v) is 5.76. The molecule has 3 heteroatoms. The first-order valence-corrected chi connectivity index (χ1v) is 7.71. The largest absolute Gasteiger partial charge is 0.444 e. The predicted octanol–water partition coefficient (Wildman–Crippen LogP) is 3.25. The average molecular weight is 260 g/mol. The fourth-order valence-corrected chi connectivity index (χ4v) is 5.80. The molecule has 0 aromatic carbocycles. The number of hydrogen-bond acceptors (Lipinski definition) is 3.